The van der Waals surface area contributed by atoms with Gasteiger partial charge in [0.05, 0.1) is 5.92 Å². The van der Waals surface area contributed by atoms with E-state index in [1.807, 2.05) is 32.9 Å². The molecule has 0 spiro atoms. The molecule has 6 heteroatoms. The molecule has 4 nitrogen and oxygen atoms in total. The number of nitrogens with zero attached hydrogens (tertiary/aromatic N) is 2. The third-order valence-electron chi connectivity index (χ3n) is 3.18. The van der Waals surface area contributed by atoms with Gasteiger partial charge in [-0.1, -0.05) is 55.8 Å². The van der Waals surface area contributed by atoms with Crippen molar-refractivity contribution >= 4 is 34.0 Å². The molecule has 1 amide bonds. The van der Waals surface area contributed by atoms with Gasteiger partial charge in [0.2, 0.25) is 11.0 Å². The zero-order valence-electron chi connectivity index (χ0n) is 12.3. The van der Waals surface area contributed by atoms with Gasteiger partial charge in [-0.25, -0.2) is 0 Å². The van der Waals surface area contributed by atoms with Gasteiger partial charge in [0.25, 0.3) is 0 Å². The first kappa shape index (κ1) is 15.9. The SMILES string of the molecule is CCc1nnc(NC(=O)[C@@H](c2ccc(Cl)cc2)C(C)C)s1. The maximum Gasteiger partial charge on any atom is 0.234 e. The van der Waals surface area contributed by atoms with Gasteiger partial charge in [0.1, 0.15) is 5.01 Å². The number of aromatic nitrogens is 2. The molecule has 0 aliphatic rings. The summed E-state index contributed by atoms with van der Waals surface area (Å²) in [5, 5.41) is 13.0. The fourth-order valence-electron chi connectivity index (χ4n) is 2.14. The van der Waals surface area contributed by atoms with Crippen molar-refractivity contribution in [2.24, 2.45) is 5.92 Å². The van der Waals surface area contributed by atoms with Gasteiger partial charge in [-0.2, -0.15) is 0 Å². The smallest absolute Gasteiger partial charge is 0.234 e. The summed E-state index contributed by atoms with van der Waals surface area (Å²) in [7, 11) is 0. The summed E-state index contributed by atoms with van der Waals surface area (Å²) in [5.41, 5.74) is 0.951. The van der Waals surface area contributed by atoms with Crippen molar-refractivity contribution in [3.63, 3.8) is 0 Å². The molecule has 0 aliphatic heterocycles. The van der Waals surface area contributed by atoms with Crippen molar-refractivity contribution in [2.45, 2.75) is 33.1 Å². The van der Waals surface area contributed by atoms with E-state index in [-0.39, 0.29) is 17.7 Å². The number of anilines is 1. The Morgan fingerprint density at radius 3 is 2.48 bits per heavy atom. The molecular formula is C15H18ClN3OS. The Morgan fingerprint density at radius 2 is 1.95 bits per heavy atom. The van der Waals surface area contributed by atoms with E-state index >= 15 is 0 Å². The van der Waals surface area contributed by atoms with E-state index in [2.05, 4.69) is 15.5 Å². The van der Waals surface area contributed by atoms with Gasteiger partial charge in [0.15, 0.2) is 0 Å². The largest absolute Gasteiger partial charge is 0.300 e. The first-order valence-electron chi connectivity index (χ1n) is 6.90. The fourth-order valence-corrected chi connectivity index (χ4v) is 2.95. The molecule has 112 valence electrons. The second-order valence-electron chi connectivity index (χ2n) is 5.12. The van der Waals surface area contributed by atoms with Gasteiger partial charge in [-0.15, -0.1) is 10.2 Å². The lowest BCUT2D eigenvalue weighted by molar-refractivity contribution is -0.118. The second kappa shape index (κ2) is 7.00. The molecule has 0 aliphatic carbocycles. The van der Waals surface area contributed by atoms with Crippen LogP contribution in [0.15, 0.2) is 24.3 Å². The number of benzene rings is 1. The second-order valence-corrected chi connectivity index (χ2v) is 6.62. The van der Waals surface area contributed by atoms with Crippen molar-refractivity contribution in [3.05, 3.63) is 39.9 Å². The Morgan fingerprint density at radius 1 is 1.29 bits per heavy atom. The summed E-state index contributed by atoms with van der Waals surface area (Å²) < 4.78 is 0. The number of hydrogen-bond donors (Lipinski definition) is 1. The number of rotatable bonds is 5. The third-order valence-corrected chi connectivity index (χ3v) is 4.41. The Balaban J connectivity index is 2.17. The topological polar surface area (TPSA) is 54.9 Å². The lowest BCUT2D eigenvalue weighted by Gasteiger charge is -2.20. The molecule has 1 N–H and O–H groups in total. The molecule has 2 aromatic rings. The molecule has 1 atom stereocenters. The van der Waals surface area contributed by atoms with E-state index in [0.717, 1.165) is 17.0 Å². The number of amides is 1. The maximum absolute atomic E-state index is 12.5. The lowest BCUT2D eigenvalue weighted by Crippen LogP contribution is -2.25. The Labute approximate surface area is 133 Å². The molecule has 0 fully saturated rings. The third kappa shape index (κ3) is 4.02. The monoisotopic (exact) mass is 323 g/mol. The van der Waals surface area contributed by atoms with Crippen molar-refractivity contribution in [3.8, 4) is 0 Å². The summed E-state index contributed by atoms with van der Waals surface area (Å²) in [6, 6.07) is 7.40. The normalized spacial score (nSPS) is 12.4. The summed E-state index contributed by atoms with van der Waals surface area (Å²) >= 11 is 7.32. The zero-order chi connectivity index (χ0) is 15.4. The minimum Gasteiger partial charge on any atom is -0.300 e. The highest BCUT2D eigenvalue weighted by Gasteiger charge is 2.25. The predicted octanol–water partition coefficient (Wildman–Crippen LogP) is 4.13. The standard InChI is InChI=1S/C15H18ClN3OS/c1-4-12-18-19-15(21-12)17-14(20)13(9(2)3)10-5-7-11(16)8-6-10/h5-9,13H,4H2,1-3H3,(H,17,19,20)/t13-/m1/s1. The van der Waals surface area contributed by atoms with E-state index in [0.29, 0.717) is 10.2 Å². The van der Waals surface area contributed by atoms with Crippen molar-refractivity contribution in [2.75, 3.05) is 5.32 Å². The first-order chi connectivity index (χ1) is 10.0. The van der Waals surface area contributed by atoms with Crippen LogP contribution in [-0.2, 0) is 11.2 Å². The number of carbonyl (C=O) groups is 1. The molecular weight excluding hydrogens is 306 g/mol. The quantitative estimate of drug-likeness (QED) is 0.900. The highest BCUT2D eigenvalue weighted by Crippen LogP contribution is 2.28. The van der Waals surface area contributed by atoms with Crippen LogP contribution < -0.4 is 5.32 Å². The average Bonchev–Trinajstić information content (AvgIpc) is 2.88. The minimum absolute atomic E-state index is 0.0638. The van der Waals surface area contributed by atoms with Crippen LogP contribution in [0, 0.1) is 5.92 Å². The van der Waals surface area contributed by atoms with Gasteiger partial charge < -0.3 is 0 Å². The maximum atomic E-state index is 12.5. The Bertz CT molecular complexity index is 610. The molecule has 0 saturated carbocycles. The van der Waals surface area contributed by atoms with E-state index < -0.39 is 0 Å². The van der Waals surface area contributed by atoms with Crippen molar-refractivity contribution < 1.29 is 4.79 Å². The minimum atomic E-state index is -0.240. The molecule has 0 radical (unpaired) electrons. The summed E-state index contributed by atoms with van der Waals surface area (Å²) in [4.78, 5) is 12.5. The zero-order valence-corrected chi connectivity index (χ0v) is 13.8. The highest BCUT2D eigenvalue weighted by atomic mass is 35.5. The van der Waals surface area contributed by atoms with Crippen LogP contribution in [0.25, 0.3) is 0 Å². The number of aryl methyl sites for hydroxylation is 1. The summed E-state index contributed by atoms with van der Waals surface area (Å²) in [5.74, 6) is -0.132. The van der Waals surface area contributed by atoms with E-state index in [9.17, 15) is 4.79 Å². The summed E-state index contributed by atoms with van der Waals surface area (Å²) in [6.07, 6.45) is 0.818. The van der Waals surface area contributed by atoms with Crippen LogP contribution in [0.5, 0.6) is 0 Å². The fraction of sp³-hybridized carbons (Fsp3) is 0.400. The first-order valence-corrected chi connectivity index (χ1v) is 8.09. The van der Waals surface area contributed by atoms with Crippen molar-refractivity contribution in [1.82, 2.24) is 10.2 Å². The number of carbonyl (C=O) groups excluding carboxylic acids is 1. The van der Waals surface area contributed by atoms with Crippen LogP contribution in [0.4, 0.5) is 5.13 Å². The molecule has 0 unspecified atom stereocenters. The number of halogens is 1. The molecule has 21 heavy (non-hydrogen) atoms. The highest BCUT2D eigenvalue weighted by molar-refractivity contribution is 7.15. The molecule has 1 aromatic carbocycles. The molecule has 1 aromatic heterocycles. The van der Waals surface area contributed by atoms with Gasteiger partial charge in [0, 0.05) is 5.02 Å². The van der Waals surface area contributed by atoms with Crippen molar-refractivity contribution in [1.29, 1.82) is 0 Å². The van der Waals surface area contributed by atoms with Crippen LogP contribution >= 0.6 is 22.9 Å². The van der Waals surface area contributed by atoms with Crippen LogP contribution in [0.2, 0.25) is 5.02 Å². The van der Waals surface area contributed by atoms with E-state index in [4.69, 9.17) is 11.6 Å². The lowest BCUT2D eigenvalue weighted by atomic mass is 9.88. The van der Waals surface area contributed by atoms with E-state index in [1.165, 1.54) is 11.3 Å². The number of nitrogens with one attached hydrogen (secondary N) is 1. The van der Waals surface area contributed by atoms with Gasteiger partial charge in [-0.05, 0) is 30.0 Å². The average molecular weight is 324 g/mol. The molecule has 0 bridgehead atoms. The summed E-state index contributed by atoms with van der Waals surface area (Å²) in [6.45, 7) is 6.06. The molecule has 2 rings (SSSR count). The Hall–Kier alpha value is -1.46. The Kier molecular flexibility index (Phi) is 5.31. The molecule has 1 heterocycles. The molecule has 0 saturated heterocycles. The van der Waals surface area contributed by atoms with E-state index in [1.54, 1.807) is 12.1 Å². The van der Waals surface area contributed by atoms with Crippen LogP contribution in [-0.4, -0.2) is 16.1 Å². The van der Waals surface area contributed by atoms with Crippen LogP contribution in [0.1, 0.15) is 37.3 Å². The number of hydrogen-bond acceptors (Lipinski definition) is 4. The van der Waals surface area contributed by atoms with Gasteiger partial charge >= 0.3 is 0 Å². The van der Waals surface area contributed by atoms with Gasteiger partial charge in [-0.3, -0.25) is 10.1 Å². The van der Waals surface area contributed by atoms with Crippen LogP contribution in [0.3, 0.4) is 0 Å². The predicted molar refractivity (Wildman–Crippen MR) is 86.9 cm³/mol.